The van der Waals surface area contributed by atoms with Gasteiger partial charge in [0.2, 0.25) is 0 Å². The van der Waals surface area contributed by atoms with Gasteiger partial charge in [-0.2, -0.15) is 17.9 Å². The standard InChI is InChI=1S/C8H6Cl2N2S.2C2H6/c9-7-1-5(12-4-13)2-8(10)6(7)3-11;2*1-2/h1-2,12-13H,4H2;2*1-2H3. The molecule has 17 heavy (non-hydrogen) atoms. The van der Waals surface area contributed by atoms with Crippen molar-refractivity contribution in [3.63, 3.8) is 0 Å². The summed E-state index contributed by atoms with van der Waals surface area (Å²) in [6, 6.07) is 5.20. The number of hydrogen-bond donors (Lipinski definition) is 2. The van der Waals surface area contributed by atoms with Crippen molar-refractivity contribution in [1.82, 2.24) is 0 Å². The van der Waals surface area contributed by atoms with Crippen LogP contribution in [0.15, 0.2) is 12.1 Å². The van der Waals surface area contributed by atoms with E-state index in [1.807, 2.05) is 33.8 Å². The molecule has 0 fully saturated rings. The molecule has 0 aliphatic carbocycles. The summed E-state index contributed by atoms with van der Waals surface area (Å²) in [6.07, 6.45) is 0. The number of nitrogens with zero attached hydrogens (tertiary/aromatic N) is 1. The van der Waals surface area contributed by atoms with Gasteiger partial charge in [0.1, 0.15) is 6.07 Å². The van der Waals surface area contributed by atoms with Gasteiger partial charge in [-0.05, 0) is 12.1 Å². The molecule has 0 bridgehead atoms. The second-order valence-corrected chi connectivity index (χ2v) is 3.39. The van der Waals surface area contributed by atoms with Gasteiger partial charge in [0.05, 0.1) is 21.5 Å². The molecule has 2 nitrogen and oxygen atoms in total. The molecular formula is C12H18Cl2N2S. The molecule has 5 heteroatoms. The van der Waals surface area contributed by atoms with Crippen LogP contribution >= 0.6 is 35.8 Å². The Hall–Kier alpha value is -0.560. The summed E-state index contributed by atoms with van der Waals surface area (Å²) >= 11 is 15.6. The van der Waals surface area contributed by atoms with Crippen molar-refractivity contribution in [3.8, 4) is 6.07 Å². The quantitative estimate of drug-likeness (QED) is 0.579. The highest BCUT2D eigenvalue weighted by molar-refractivity contribution is 7.80. The maximum absolute atomic E-state index is 8.67. The number of nitrogens with one attached hydrogen (secondary N) is 1. The van der Waals surface area contributed by atoms with E-state index in [1.165, 1.54) is 0 Å². The highest BCUT2D eigenvalue weighted by atomic mass is 35.5. The largest absolute Gasteiger partial charge is 0.376 e. The molecule has 0 saturated carbocycles. The van der Waals surface area contributed by atoms with E-state index in [0.29, 0.717) is 21.5 Å². The van der Waals surface area contributed by atoms with Crippen LogP contribution in [0, 0.1) is 11.3 Å². The van der Waals surface area contributed by atoms with Crippen molar-refractivity contribution in [2.75, 3.05) is 11.2 Å². The van der Waals surface area contributed by atoms with Crippen molar-refractivity contribution < 1.29 is 0 Å². The Balaban J connectivity index is 0. The van der Waals surface area contributed by atoms with Crippen LogP contribution in [0.25, 0.3) is 0 Å². The maximum Gasteiger partial charge on any atom is 0.102 e. The summed E-state index contributed by atoms with van der Waals surface area (Å²) in [4.78, 5) is 0. The van der Waals surface area contributed by atoms with Gasteiger partial charge in [0.25, 0.3) is 0 Å². The molecule has 0 amide bonds. The van der Waals surface area contributed by atoms with Gasteiger partial charge in [-0.1, -0.05) is 50.9 Å². The van der Waals surface area contributed by atoms with Crippen LogP contribution in [-0.2, 0) is 0 Å². The minimum Gasteiger partial charge on any atom is -0.376 e. The first kappa shape index (κ1) is 18.8. The first-order valence-corrected chi connectivity index (χ1v) is 6.81. The number of nitriles is 1. The summed E-state index contributed by atoms with van der Waals surface area (Å²) < 4.78 is 0. The summed E-state index contributed by atoms with van der Waals surface area (Å²) in [5.74, 6) is 0.485. The zero-order chi connectivity index (χ0) is 13.8. The van der Waals surface area contributed by atoms with E-state index >= 15 is 0 Å². The fourth-order valence-corrected chi connectivity index (χ4v) is 1.63. The normalized spacial score (nSPS) is 7.88. The van der Waals surface area contributed by atoms with E-state index < -0.39 is 0 Å². The number of halogens is 2. The molecule has 0 aromatic heterocycles. The van der Waals surface area contributed by atoms with Crippen LogP contribution in [0.5, 0.6) is 0 Å². The first-order valence-electron chi connectivity index (χ1n) is 5.43. The first-order chi connectivity index (χ1) is 8.19. The molecule has 0 spiro atoms. The summed E-state index contributed by atoms with van der Waals surface area (Å²) in [5.41, 5.74) is 1.05. The van der Waals surface area contributed by atoms with E-state index in [-0.39, 0.29) is 0 Å². The highest BCUT2D eigenvalue weighted by Gasteiger charge is 2.06. The molecule has 0 aliphatic heterocycles. The minimum atomic E-state index is 0.299. The number of anilines is 1. The monoisotopic (exact) mass is 292 g/mol. The predicted molar refractivity (Wildman–Crippen MR) is 81.3 cm³/mol. The van der Waals surface area contributed by atoms with Crippen LogP contribution in [-0.4, -0.2) is 5.88 Å². The van der Waals surface area contributed by atoms with Crippen LogP contribution < -0.4 is 5.32 Å². The van der Waals surface area contributed by atoms with Crippen molar-refractivity contribution in [2.45, 2.75) is 27.7 Å². The van der Waals surface area contributed by atoms with Gasteiger partial charge in [-0.25, -0.2) is 0 Å². The van der Waals surface area contributed by atoms with E-state index in [2.05, 4.69) is 17.9 Å². The smallest absolute Gasteiger partial charge is 0.102 e. The summed E-state index contributed by atoms with van der Waals surface area (Å²) in [6.45, 7) is 8.00. The number of thiol groups is 1. The van der Waals surface area contributed by atoms with Crippen molar-refractivity contribution in [1.29, 1.82) is 5.26 Å². The lowest BCUT2D eigenvalue weighted by Crippen LogP contribution is -1.94. The molecular weight excluding hydrogens is 275 g/mol. The Bertz CT molecular complexity index is 339. The second-order valence-electron chi connectivity index (χ2n) is 2.26. The van der Waals surface area contributed by atoms with Gasteiger partial charge in [0, 0.05) is 5.69 Å². The third kappa shape index (κ3) is 6.68. The van der Waals surface area contributed by atoms with Crippen molar-refractivity contribution in [3.05, 3.63) is 27.7 Å². The lowest BCUT2D eigenvalue weighted by Gasteiger charge is -2.05. The highest BCUT2D eigenvalue weighted by Crippen LogP contribution is 2.28. The van der Waals surface area contributed by atoms with E-state index in [9.17, 15) is 0 Å². The molecule has 0 atom stereocenters. The van der Waals surface area contributed by atoms with Crippen LogP contribution in [0.2, 0.25) is 10.0 Å². The molecule has 1 aromatic carbocycles. The van der Waals surface area contributed by atoms with Crippen LogP contribution in [0.3, 0.4) is 0 Å². The Morgan fingerprint density at radius 2 is 1.59 bits per heavy atom. The average molecular weight is 293 g/mol. The number of rotatable bonds is 2. The lowest BCUT2D eigenvalue weighted by molar-refractivity contribution is 1.44. The molecule has 0 unspecified atom stereocenters. The fourth-order valence-electron chi connectivity index (χ4n) is 0.873. The molecule has 0 saturated heterocycles. The van der Waals surface area contributed by atoms with E-state index in [4.69, 9.17) is 28.5 Å². The zero-order valence-corrected chi connectivity index (χ0v) is 12.9. The Labute approximate surface area is 119 Å². The fraction of sp³-hybridized carbons (Fsp3) is 0.417. The molecule has 1 aromatic rings. The van der Waals surface area contributed by atoms with Crippen molar-refractivity contribution in [2.24, 2.45) is 0 Å². The molecule has 96 valence electrons. The second kappa shape index (κ2) is 11.9. The molecule has 0 heterocycles. The van der Waals surface area contributed by atoms with Gasteiger partial charge in [-0.3, -0.25) is 0 Å². The lowest BCUT2D eigenvalue weighted by atomic mass is 10.2. The third-order valence-electron chi connectivity index (χ3n) is 1.44. The summed E-state index contributed by atoms with van der Waals surface area (Å²) in [7, 11) is 0. The third-order valence-corrected chi connectivity index (χ3v) is 2.19. The summed E-state index contributed by atoms with van der Waals surface area (Å²) in [5, 5.41) is 12.3. The van der Waals surface area contributed by atoms with Gasteiger partial charge in [-0.15, -0.1) is 0 Å². The maximum atomic E-state index is 8.67. The van der Waals surface area contributed by atoms with Crippen LogP contribution in [0.4, 0.5) is 5.69 Å². The van der Waals surface area contributed by atoms with E-state index in [1.54, 1.807) is 12.1 Å². The Morgan fingerprint density at radius 3 is 1.88 bits per heavy atom. The molecule has 1 rings (SSSR count). The van der Waals surface area contributed by atoms with Gasteiger partial charge < -0.3 is 5.32 Å². The van der Waals surface area contributed by atoms with E-state index in [0.717, 1.165) is 5.69 Å². The van der Waals surface area contributed by atoms with Crippen molar-refractivity contribution >= 4 is 41.5 Å². The zero-order valence-electron chi connectivity index (χ0n) is 10.5. The SMILES string of the molecule is CC.CC.N#Cc1c(Cl)cc(NCS)cc1Cl. The Kier molecular flexibility index (Phi) is 13.2. The van der Waals surface area contributed by atoms with Gasteiger partial charge in [0.15, 0.2) is 0 Å². The van der Waals surface area contributed by atoms with Gasteiger partial charge >= 0.3 is 0 Å². The molecule has 1 N–H and O–H groups in total. The Morgan fingerprint density at radius 1 is 1.18 bits per heavy atom. The molecule has 0 radical (unpaired) electrons. The number of hydrogen-bond acceptors (Lipinski definition) is 3. The predicted octanol–water partition coefficient (Wildman–Crippen LogP) is 5.22. The minimum absolute atomic E-state index is 0.299. The van der Waals surface area contributed by atoms with Crippen LogP contribution in [0.1, 0.15) is 33.3 Å². The molecule has 0 aliphatic rings. The average Bonchev–Trinajstić information content (AvgIpc) is 2.34. The number of benzene rings is 1. The topological polar surface area (TPSA) is 35.8 Å².